The van der Waals surface area contributed by atoms with Gasteiger partial charge in [-0.3, -0.25) is 9.59 Å². The first-order valence-electron chi connectivity index (χ1n) is 11.2. The van der Waals surface area contributed by atoms with Crippen LogP contribution in [0, 0.1) is 5.92 Å². The van der Waals surface area contributed by atoms with Crippen LogP contribution in [0.25, 0.3) is 0 Å². The smallest absolute Gasteiger partial charge is 0.317 e. The summed E-state index contributed by atoms with van der Waals surface area (Å²) in [4.78, 5) is 42.5. The number of carbonyl (C=O) groups is 3. The van der Waals surface area contributed by atoms with E-state index >= 15 is 0 Å². The summed E-state index contributed by atoms with van der Waals surface area (Å²) in [6.45, 7) is 13.1. The lowest BCUT2D eigenvalue weighted by Crippen LogP contribution is -2.52. The SMILES string of the molecule is CCCN(CC(=O)Nc1ccc(N2CCN(C(=O)NC(C)C)CC2)cc1)C(=O)C(C)C. The highest BCUT2D eigenvalue weighted by Gasteiger charge is 2.22. The molecule has 1 heterocycles. The van der Waals surface area contributed by atoms with Crippen LogP contribution in [-0.4, -0.2) is 73.0 Å². The van der Waals surface area contributed by atoms with Gasteiger partial charge in [-0.1, -0.05) is 20.8 Å². The number of benzene rings is 1. The number of carbonyl (C=O) groups excluding carboxylic acids is 3. The molecule has 1 aliphatic heterocycles. The van der Waals surface area contributed by atoms with E-state index in [9.17, 15) is 14.4 Å². The van der Waals surface area contributed by atoms with Gasteiger partial charge in [-0.25, -0.2) is 4.79 Å². The molecular formula is C23H37N5O3. The van der Waals surface area contributed by atoms with E-state index in [4.69, 9.17) is 0 Å². The molecule has 8 heteroatoms. The normalized spacial score (nSPS) is 14.0. The van der Waals surface area contributed by atoms with Gasteiger partial charge in [0.2, 0.25) is 11.8 Å². The zero-order valence-corrected chi connectivity index (χ0v) is 19.5. The molecule has 0 atom stereocenters. The van der Waals surface area contributed by atoms with E-state index in [1.807, 2.05) is 63.8 Å². The van der Waals surface area contributed by atoms with Crippen molar-refractivity contribution < 1.29 is 14.4 Å². The monoisotopic (exact) mass is 431 g/mol. The Labute approximate surface area is 185 Å². The number of anilines is 2. The first kappa shape index (κ1) is 24.5. The molecular weight excluding hydrogens is 394 g/mol. The molecule has 8 nitrogen and oxygen atoms in total. The van der Waals surface area contributed by atoms with Crippen LogP contribution in [-0.2, 0) is 9.59 Å². The van der Waals surface area contributed by atoms with E-state index < -0.39 is 0 Å². The van der Waals surface area contributed by atoms with E-state index in [0.29, 0.717) is 25.3 Å². The second-order valence-corrected chi connectivity index (χ2v) is 8.59. The number of hydrogen-bond donors (Lipinski definition) is 2. The molecule has 1 aromatic carbocycles. The predicted octanol–water partition coefficient (Wildman–Crippen LogP) is 2.76. The maximum absolute atomic E-state index is 12.4. The molecule has 0 aromatic heterocycles. The Morgan fingerprint density at radius 1 is 1.00 bits per heavy atom. The zero-order valence-electron chi connectivity index (χ0n) is 19.5. The Balaban J connectivity index is 1.87. The number of nitrogens with one attached hydrogen (secondary N) is 2. The number of hydrogen-bond acceptors (Lipinski definition) is 4. The second kappa shape index (κ2) is 11.6. The van der Waals surface area contributed by atoms with Gasteiger partial charge in [-0.2, -0.15) is 0 Å². The molecule has 0 unspecified atom stereocenters. The summed E-state index contributed by atoms with van der Waals surface area (Å²) in [5.74, 6) is -0.330. The van der Waals surface area contributed by atoms with Crippen LogP contribution < -0.4 is 15.5 Å². The van der Waals surface area contributed by atoms with Gasteiger partial charge < -0.3 is 25.3 Å². The van der Waals surface area contributed by atoms with Crippen molar-refractivity contribution in [2.24, 2.45) is 5.92 Å². The molecule has 0 saturated carbocycles. The Bertz CT molecular complexity index is 740. The van der Waals surface area contributed by atoms with Gasteiger partial charge in [0.1, 0.15) is 0 Å². The van der Waals surface area contributed by atoms with Crippen molar-refractivity contribution in [2.75, 3.05) is 49.5 Å². The molecule has 0 spiro atoms. The lowest BCUT2D eigenvalue weighted by Gasteiger charge is -2.36. The highest BCUT2D eigenvalue weighted by atomic mass is 16.2. The molecule has 172 valence electrons. The van der Waals surface area contributed by atoms with Gasteiger partial charge in [0.15, 0.2) is 0 Å². The average Bonchev–Trinajstić information content (AvgIpc) is 2.73. The molecule has 1 aromatic rings. The molecule has 2 N–H and O–H groups in total. The summed E-state index contributed by atoms with van der Waals surface area (Å²) >= 11 is 0. The standard InChI is InChI=1S/C23H37N5O3/c1-6-11-28(22(30)17(2)3)16-21(29)25-19-7-9-20(10-8-19)26-12-14-27(15-13-26)23(31)24-18(4)5/h7-10,17-18H,6,11-16H2,1-5H3,(H,24,31)(H,25,29). The van der Waals surface area contributed by atoms with Crippen LogP contribution in [0.4, 0.5) is 16.2 Å². The van der Waals surface area contributed by atoms with E-state index in [1.54, 1.807) is 4.90 Å². The molecule has 0 aliphatic carbocycles. The molecule has 0 bridgehead atoms. The molecule has 1 aliphatic rings. The summed E-state index contributed by atoms with van der Waals surface area (Å²) in [5.41, 5.74) is 1.77. The summed E-state index contributed by atoms with van der Waals surface area (Å²) in [6.07, 6.45) is 0.812. The molecule has 2 rings (SSSR count). The van der Waals surface area contributed by atoms with Crippen molar-refractivity contribution >= 4 is 29.2 Å². The minimum absolute atomic E-state index is 0.00596. The van der Waals surface area contributed by atoms with Crippen molar-refractivity contribution in [1.29, 1.82) is 0 Å². The van der Waals surface area contributed by atoms with Gasteiger partial charge in [0, 0.05) is 56.1 Å². The first-order valence-corrected chi connectivity index (χ1v) is 11.2. The van der Waals surface area contributed by atoms with Crippen LogP contribution >= 0.6 is 0 Å². The molecule has 31 heavy (non-hydrogen) atoms. The van der Waals surface area contributed by atoms with E-state index in [2.05, 4.69) is 15.5 Å². The fraction of sp³-hybridized carbons (Fsp3) is 0.609. The topological polar surface area (TPSA) is 85.0 Å². The van der Waals surface area contributed by atoms with Crippen molar-refractivity contribution in [1.82, 2.24) is 15.1 Å². The van der Waals surface area contributed by atoms with Crippen LogP contribution in [0.2, 0.25) is 0 Å². The fourth-order valence-corrected chi connectivity index (χ4v) is 3.54. The second-order valence-electron chi connectivity index (χ2n) is 8.59. The van der Waals surface area contributed by atoms with E-state index in [-0.39, 0.29) is 36.3 Å². The van der Waals surface area contributed by atoms with Crippen molar-refractivity contribution in [3.8, 4) is 0 Å². The third-order valence-electron chi connectivity index (χ3n) is 5.13. The number of amides is 4. The largest absolute Gasteiger partial charge is 0.368 e. The number of rotatable bonds is 8. The van der Waals surface area contributed by atoms with Gasteiger partial charge in [-0.15, -0.1) is 0 Å². The number of urea groups is 1. The fourth-order valence-electron chi connectivity index (χ4n) is 3.54. The minimum atomic E-state index is -0.194. The van der Waals surface area contributed by atoms with E-state index in [0.717, 1.165) is 25.2 Å². The zero-order chi connectivity index (χ0) is 23.0. The molecule has 0 radical (unpaired) electrons. The Morgan fingerprint density at radius 3 is 2.13 bits per heavy atom. The highest BCUT2D eigenvalue weighted by molar-refractivity contribution is 5.94. The van der Waals surface area contributed by atoms with Crippen LogP contribution in [0.5, 0.6) is 0 Å². The maximum Gasteiger partial charge on any atom is 0.317 e. The predicted molar refractivity (Wildman–Crippen MR) is 124 cm³/mol. The summed E-state index contributed by atoms with van der Waals surface area (Å²) in [5, 5.41) is 5.81. The van der Waals surface area contributed by atoms with Gasteiger partial charge in [0.25, 0.3) is 0 Å². The van der Waals surface area contributed by atoms with Crippen LogP contribution in [0.15, 0.2) is 24.3 Å². The van der Waals surface area contributed by atoms with Crippen molar-refractivity contribution in [2.45, 2.75) is 47.1 Å². The average molecular weight is 432 g/mol. The minimum Gasteiger partial charge on any atom is -0.368 e. The Hall–Kier alpha value is -2.77. The lowest BCUT2D eigenvalue weighted by molar-refractivity contribution is -0.137. The number of nitrogens with zero attached hydrogens (tertiary/aromatic N) is 3. The van der Waals surface area contributed by atoms with Crippen molar-refractivity contribution in [3.05, 3.63) is 24.3 Å². The van der Waals surface area contributed by atoms with Crippen LogP contribution in [0.3, 0.4) is 0 Å². The van der Waals surface area contributed by atoms with E-state index in [1.165, 1.54) is 0 Å². The molecule has 4 amide bonds. The summed E-state index contributed by atoms with van der Waals surface area (Å²) in [6, 6.07) is 7.82. The van der Waals surface area contributed by atoms with Crippen molar-refractivity contribution in [3.63, 3.8) is 0 Å². The Morgan fingerprint density at radius 2 is 1.61 bits per heavy atom. The summed E-state index contributed by atoms with van der Waals surface area (Å²) in [7, 11) is 0. The quantitative estimate of drug-likeness (QED) is 0.663. The highest BCUT2D eigenvalue weighted by Crippen LogP contribution is 2.20. The third-order valence-corrected chi connectivity index (χ3v) is 5.13. The number of piperazine rings is 1. The Kier molecular flexibility index (Phi) is 9.15. The van der Waals surface area contributed by atoms with Gasteiger partial charge >= 0.3 is 6.03 Å². The maximum atomic E-state index is 12.4. The lowest BCUT2D eigenvalue weighted by atomic mass is 10.2. The molecule has 1 fully saturated rings. The third kappa shape index (κ3) is 7.45. The molecule has 1 saturated heterocycles. The van der Waals surface area contributed by atoms with Gasteiger partial charge in [-0.05, 0) is 44.5 Å². The first-order chi connectivity index (χ1) is 14.7. The van der Waals surface area contributed by atoms with Crippen LogP contribution in [0.1, 0.15) is 41.0 Å². The van der Waals surface area contributed by atoms with Gasteiger partial charge in [0.05, 0.1) is 6.54 Å². The summed E-state index contributed by atoms with van der Waals surface area (Å²) < 4.78 is 0.